The Morgan fingerprint density at radius 3 is 2.38 bits per heavy atom. The van der Waals surface area contributed by atoms with E-state index in [1.54, 1.807) is 0 Å². The van der Waals surface area contributed by atoms with Crippen molar-refractivity contribution in [3.05, 3.63) is 71.8 Å². The number of hydrogen-bond donors (Lipinski definition) is 1. The van der Waals surface area contributed by atoms with Crippen molar-refractivity contribution in [2.75, 3.05) is 20.1 Å². The Morgan fingerprint density at radius 2 is 1.71 bits per heavy atom. The van der Waals surface area contributed by atoms with Gasteiger partial charge < -0.3 is 10.2 Å². The largest absolute Gasteiger partial charge is 0.334 e. The van der Waals surface area contributed by atoms with Crippen molar-refractivity contribution < 1.29 is 4.79 Å². The molecule has 0 spiro atoms. The van der Waals surface area contributed by atoms with Gasteiger partial charge >= 0.3 is 6.03 Å². The van der Waals surface area contributed by atoms with E-state index in [1.165, 1.54) is 5.56 Å². The van der Waals surface area contributed by atoms with Gasteiger partial charge in [-0.1, -0.05) is 60.7 Å². The highest BCUT2D eigenvalue weighted by Gasteiger charge is 2.28. The summed E-state index contributed by atoms with van der Waals surface area (Å²) in [5, 5.41) is 3.01. The minimum Gasteiger partial charge on any atom is -0.334 e. The molecular formula is C20H25N3O. The highest BCUT2D eigenvalue weighted by molar-refractivity contribution is 5.74. The molecule has 126 valence electrons. The van der Waals surface area contributed by atoms with E-state index < -0.39 is 0 Å². The molecule has 2 aromatic rings. The molecule has 0 aromatic heterocycles. The quantitative estimate of drug-likeness (QED) is 0.918. The molecule has 1 aliphatic rings. The molecule has 2 amide bonds. The lowest BCUT2D eigenvalue weighted by molar-refractivity contribution is 0.188. The molecule has 2 aromatic carbocycles. The molecule has 0 saturated carbocycles. The number of carbonyl (C=O) groups is 1. The fraction of sp³-hybridized carbons (Fsp3) is 0.350. The third kappa shape index (κ3) is 4.36. The molecule has 24 heavy (non-hydrogen) atoms. The molecule has 0 radical (unpaired) electrons. The number of benzene rings is 2. The molecule has 4 heteroatoms. The van der Waals surface area contributed by atoms with E-state index in [0.29, 0.717) is 6.54 Å². The second kappa shape index (κ2) is 7.97. The standard InChI is InChI=1S/C20H25N3O/c1-22(20(24)21-14-17-8-4-2-5-9-17)19-12-13-23(16-19)15-18-10-6-3-7-11-18/h2-11,19H,12-16H2,1H3,(H,21,24). The summed E-state index contributed by atoms with van der Waals surface area (Å²) in [5.41, 5.74) is 2.45. The highest BCUT2D eigenvalue weighted by atomic mass is 16.2. The summed E-state index contributed by atoms with van der Waals surface area (Å²) in [6.07, 6.45) is 1.03. The second-order valence-corrected chi connectivity index (χ2v) is 6.42. The van der Waals surface area contributed by atoms with Crippen LogP contribution in [0.5, 0.6) is 0 Å². The van der Waals surface area contributed by atoms with Gasteiger partial charge in [0.2, 0.25) is 0 Å². The first-order valence-electron chi connectivity index (χ1n) is 8.53. The number of nitrogens with one attached hydrogen (secondary N) is 1. The molecule has 1 saturated heterocycles. The summed E-state index contributed by atoms with van der Waals surface area (Å²) in [4.78, 5) is 16.6. The molecular weight excluding hydrogens is 298 g/mol. The van der Waals surface area contributed by atoms with Gasteiger partial charge in [0, 0.05) is 39.3 Å². The molecule has 4 nitrogen and oxygen atoms in total. The van der Waals surface area contributed by atoms with Crippen molar-refractivity contribution in [2.45, 2.75) is 25.6 Å². The molecule has 1 atom stereocenters. The van der Waals surface area contributed by atoms with Crippen LogP contribution < -0.4 is 5.32 Å². The predicted molar refractivity (Wildman–Crippen MR) is 96.6 cm³/mol. The molecule has 1 aliphatic heterocycles. The molecule has 0 bridgehead atoms. The number of nitrogens with zero attached hydrogens (tertiary/aromatic N) is 2. The van der Waals surface area contributed by atoms with Crippen LogP contribution >= 0.6 is 0 Å². The van der Waals surface area contributed by atoms with E-state index >= 15 is 0 Å². The molecule has 1 fully saturated rings. The molecule has 1 unspecified atom stereocenters. The molecule has 3 rings (SSSR count). The van der Waals surface area contributed by atoms with Crippen molar-refractivity contribution >= 4 is 6.03 Å². The molecule has 1 N–H and O–H groups in total. The van der Waals surface area contributed by atoms with Crippen LogP contribution in [0.1, 0.15) is 17.5 Å². The van der Waals surface area contributed by atoms with Crippen LogP contribution in [0, 0.1) is 0 Å². The zero-order chi connectivity index (χ0) is 16.8. The van der Waals surface area contributed by atoms with Crippen LogP contribution in [0.25, 0.3) is 0 Å². The first-order chi connectivity index (χ1) is 11.7. The topological polar surface area (TPSA) is 35.6 Å². The van der Waals surface area contributed by atoms with Crippen LogP contribution in [0.4, 0.5) is 4.79 Å². The van der Waals surface area contributed by atoms with Gasteiger partial charge in [0.15, 0.2) is 0 Å². The minimum atomic E-state index is 0.00501. The van der Waals surface area contributed by atoms with Gasteiger partial charge in [0.1, 0.15) is 0 Å². The Balaban J connectivity index is 1.47. The van der Waals surface area contributed by atoms with Crippen molar-refractivity contribution in [2.24, 2.45) is 0 Å². The van der Waals surface area contributed by atoms with Gasteiger partial charge in [-0.05, 0) is 17.5 Å². The van der Waals surface area contributed by atoms with Crippen LogP contribution in [0.3, 0.4) is 0 Å². The second-order valence-electron chi connectivity index (χ2n) is 6.42. The van der Waals surface area contributed by atoms with Crippen LogP contribution in [0.15, 0.2) is 60.7 Å². The van der Waals surface area contributed by atoms with Gasteiger partial charge in [-0.3, -0.25) is 4.90 Å². The number of rotatable bonds is 5. The van der Waals surface area contributed by atoms with Gasteiger partial charge in [-0.15, -0.1) is 0 Å². The summed E-state index contributed by atoms with van der Waals surface area (Å²) in [5.74, 6) is 0. The monoisotopic (exact) mass is 323 g/mol. The van der Waals surface area contributed by atoms with E-state index in [1.807, 2.05) is 48.3 Å². The summed E-state index contributed by atoms with van der Waals surface area (Å²) in [6.45, 7) is 3.50. The van der Waals surface area contributed by atoms with E-state index in [4.69, 9.17) is 0 Å². The van der Waals surface area contributed by atoms with Gasteiger partial charge in [-0.25, -0.2) is 4.79 Å². The summed E-state index contributed by atoms with van der Waals surface area (Å²) >= 11 is 0. The Bertz CT molecular complexity index is 644. The third-order valence-electron chi connectivity index (χ3n) is 4.65. The number of likely N-dealkylation sites (N-methyl/N-ethyl adjacent to an activating group) is 1. The number of hydrogen-bond acceptors (Lipinski definition) is 2. The maximum Gasteiger partial charge on any atom is 0.317 e. The summed E-state index contributed by atoms with van der Waals surface area (Å²) in [7, 11) is 1.90. The fourth-order valence-corrected chi connectivity index (χ4v) is 3.18. The number of amides is 2. The number of urea groups is 1. The Hall–Kier alpha value is -2.33. The summed E-state index contributed by atoms with van der Waals surface area (Å²) < 4.78 is 0. The van der Waals surface area contributed by atoms with Crippen molar-refractivity contribution in [1.82, 2.24) is 15.1 Å². The smallest absolute Gasteiger partial charge is 0.317 e. The van der Waals surface area contributed by atoms with E-state index in [-0.39, 0.29) is 12.1 Å². The third-order valence-corrected chi connectivity index (χ3v) is 4.65. The highest BCUT2D eigenvalue weighted by Crippen LogP contribution is 2.17. The average molecular weight is 323 g/mol. The fourth-order valence-electron chi connectivity index (χ4n) is 3.18. The summed E-state index contributed by atoms with van der Waals surface area (Å²) in [6, 6.07) is 20.8. The van der Waals surface area contributed by atoms with Crippen LogP contribution in [-0.2, 0) is 13.1 Å². The van der Waals surface area contributed by atoms with Crippen molar-refractivity contribution in [3.8, 4) is 0 Å². The SMILES string of the molecule is CN(C(=O)NCc1ccccc1)C1CCN(Cc2ccccc2)C1. The van der Waals surface area contributed by atoms with Crippen LogP contribution in [0.2, 0.25) is 0 Å². The number of likely N-dealkylation sites (tertiary alicyclic amines) is 1. The van der Waals surface area contributed by atoms with Gasteiger partial charge in [0.05, 0.1) is 0 Å². The van der Waals surface area contributed by atoms with E-state index in [2.05, 4.69) is 34.5 Å². The lowest BCUT2D eigenvalue weighted by Crippen LogP contribution is -2.44. The normalized spacial score (nSPS) is 17.6. The van der Waals surface area contributed by atoms with Crippen molar-refractivity contribution in [1.29, 1.82) is 0 Å². The molecule has 1 heterocycles. The predicted octanol–water partition coefficient (Wildman–Crippen LogP) is 3.10. The maximum absolute atomic E-state index is 12.4. The van der Waals surface area contributed by atoms with Crippen molar-refractivity contribution in [3.63, 3.8) is 0 Å². The van der Waals surface area contributed by atoms with Crippen LogP contribution in [-0.4, -0.2) is 42.0 Å². The zero-order valence-corrected chi connectivity index (χ0v) is 14.2. The Labute approximate surface area is 144 Å². The minimum absolute atomic E-state index is 0.00501. The number of carbonyl (C=O) groups excluding carboxylic acids is 1. The lowest BCUT2D eigenvalue weighted by atomic mass is 10.2. The first-order valence-corrected chi connectivity index (χ1v) is 8.53. The first kappa shape index (κ1) is 16.5. The maximum atomic E-state index is 12.4. The Morgan fingerprint density at radius 1 is 1.08 bits per heavy atom. The van der Waals surface area contributed by atoms with Gasteiger partial charge in [-0.2, -0.15) is 0 Å². The molecule has 0 aliphatic carbocycles. The Kier molecular flexibility index (Phi) is 5.49. The average Bonchev–Trinajstić information content (AvgIpc) is 3.09. The van der Waals surface area contributed by atoms with E-state index in [9.17, 15) is 4.79 Å². The van der Waals surface area contributed by atoms with E-state index in [0.717, 1.165) is 31.6 Å². The van der Waals surface area contributed by atoms with Gasteiger partial charge in [0.25, 0.3) is 0 Å². The zero-order valence-electron chi connectivity index (χ0n) is 14.2. The lowest BCUT2D eigenvalue weighted by Gasteiger charge is -2.25.